The van der Waals surface area contributed by atoms with Crippen LogP contribution in [0.3, 0.4) is 0 Å². The van der Waals surface area contributed by atoms with Gasteiger partial charge in [-0.05, 0) is 44.6 Å². The van der Waals surface area contributed by atoms with Gasteiger partial charge in [0.1, 0.15) is 0 Å². The summed E-state index contributed by atoms with van der Waals surface area (Å²) in [6.07, 6.45) is 3.84. The van der Waals surface area contributed by atoms with Crippen LogP contribution in [0.5, 0.6) is 0 Å². The summed E-state index contributed by atoms with van der Waals surface area (Å²) in [5, 5.41) is 4.48. The van der Waals surface area contributed by atoms with Gasteiger partial charge in [-0.15, -0.1) is 11.3 Å². The Morgan fingerprint density at radius 1 is 1.42 bits per heavy atom. The molecule has 1 saturated heterocycles. The summed E-state index contributed by atoms with van der Waals surface area (Å²) in [4.78, 5) is 12.7. The fourth-order valence-electron chi connectivity index (χ4n) is 2.93. The highest BCUT2D eigenvalue weighted by Crippen LogP contribution is 2.27. The molecule has 0 aromatic carbocycles. The lowest BCUT2D eigenvalue weighted by Gasteiger charge is -2.10. The summed E-state index contributed by atoms with van der Waals surface area (Å²) in [6.45, 7) is 3.76. The smallest absolute Gasteiger partial charge is 0.195 e. The molecule has 2 aromatic heterocycles. The Morgan fingerprint density at radius 2 is 2.17 bits per heavy atom. The van der Waals surface area contributed by atoms with E-state index in [1.54, 1.807) is 22.9 Å². The van der Waals surface area contributed by atoms with Gasteiger partial charge in [0.25, 0.3) is 0 Å². The van der Waals surface area contributed by atoms with Crippen molar-refractivity contribution in [2.24, 2.45) is 0 Å². The number of hydrogen-bond donors (Lipinski definition) is 0. The van der Waals surface area contributed by atoms with Gasteiger partial charge in [0.2, 0.25) is 0 Å². The third kappa shape index (κ3) is 3.48. The first-order valence-electron chi connectivity index (χ1n) is 7.51. The molecule has 24 heavy (non-hydrogen) atoms. The molecule has 0 radical (unpaired) electrons. The number of hydrogen-bond acceptors (Lipinski definition) is 5. The van der Waals surface area contributed by atoms with Crippen molar-refractivity contribution >= 4 is 44.6 Å². The van der Waals surface area contributed by atoms with E-state index in [0.29, 0.717) is 15.6 Å². The van der Waals surface area contributed by atoms with Crippen molar-refractivity contribution in [3.63, 3.8) is 0 Å². The third-order valence-corrected chi connectivity index (χ3v) is 7.15. The topological polar surface area (TPSA) is 69.0 Å². The van der Waals surface area contributed by atoms with Gasteiger partial charge >= 0.3 is 0 Å². The third-order valence-electron chi connectivity index (χ3n) is 4.15. The van der Waals surface area contributed by atoms with E-state index in [1.165, 1.54) is 17.4 Å². The van der Waals surface area contributed by atoms with Crippen LogP contribution in [-0.4, -0.2) is 35.5 Å². The predicted octanol–water partition coefficient (Wildman–Crippen LogP) is 3.47. The van der Waals surface area contributed by atoms with Crippen LogP contribution in [0.1, 0.15) is 39.1 Å². The van der Waals surface area contributed by atoms with Crippen molar-refractivity contribution in [1.29, 1.82) is 0 Å². The SMILES string of the molecule is Cc1nn([C@H]2CCS(=O)(=O)C2)c(C)c1/C=C/C(=O)c1ccc(Cl)s1. The summed E-state index contributed by atoms with van der Waals surface area (Å²) in [5.41, 5.74) is 2.52. The standard InChI is InChI=1S/C16H17ClN2O3S2/c1-10-13(3-4-14(20)15-5-6-16(17)23-15)11(2)19(18-10)12-7-8-24(21,22)9-12/h3-6,12H,7-9H2,1-2H3/b4-3+/t12-/m0/s1. The van der Waals surface area contributed by atoms with Gasteiger partial charge in [-0.25, -0.2) is 8.42 Å². The molecule has 1 atom stereocenters. The summed E-state index contributed by atoms with van der Waals surface area (Å²) in [7, 11) is -2.97. The average molecular weight is 385 g/mol. The molecule has 1 aliphatic heterocycles. The molecule has 1 aliphatic rings. The van der Waals surface area contributed by atoms with E-state index in [2.05, 4.69) is 5.10 Å². The molecule has 5 nitrogen and oxygen atoms in total. The Bertz CT molecular complexity index is 925. The lowest BCUT2D eigenvalue weighted by molar-refractivity contribution is 0.105. The van der Waals surface area contributed by atoms with E-state index in [9.17, 15) is 13.2 Å². The molecule has 3 heterocycles. The normalized spacial score (nSPS) is 20.0. The predicted molar refractivity (Wildman–Crippen MR) is 96.7 cm³/mol. The van der Waals surface area contributed by atoms with E-state index in [0.717, 1.165) is 17.0 Å². The lowest BCUT2D eigenvalue weighted by atomic mass is 10.1. The number of thiophene rings is 1. The number of carbonyl (C=O) groups is 1. The summed E-state index contributed by atoms with van der Waals surface area (Å²) in [6, 6.07) is 3.27. The van der Waals surface area contributed by atoms with E-state index in [-0.39, 0.29) is 23.3 Å². The fraction of sp³-hybridized carbons (Fsp3) is 0.375. The fourth-order valence-corrected chi connectivity index (χ4v) is 5.58. The monoisotopic (exact) mass is 384 g/mol. The van der Waals surface area contributed by atoms with Crippen LogP contribution >= 0.6 is 22.9 Å². The molecule has 0 amide bonds. The number of aromatic nitrogens is 2. The molecular weight excluding hydrogens is 368 g/mol. The number of halogens is 1. The minimum absolute atomic E-state index is 0.109. The van der Waals surface area contributed by atoms with E-state index in [4.69, 9.17) is 11.6 Å². The quantitative estimate of drug-likeness (QED) is 0.597. The van der Waals surface area contributed by atoms with E-state index in [1.807, 2.05) is 13.8 Å². The number of aryl methyl sites for hydroxylation is 1. The van der Waals surface area contributed by atoms with Crippen LogP contribution in [0.25, 0.3) is 6.08 Å². The summed E-state index contributed by atoms with van der Waals surface area (Å²) in [5.74, 6) is 0.227. The van der Waals surface area contributed by atoms with Crippen LogP contribution < -0.4 is 0 Å². The highest BCUT2D eigenvalue weighted by molar-refractivity contribution is 7.91. The second-order valence-corrected chi connectivity index (χ2v) is 9.83. The number of rotatable bonds is 4. The molecule has 3 rings (SSSR count). The molecule has 0 aliphatic carbocycles. The Kier molecular flexibility index (Phi) is 4.68. The Morgan fingerprint density at radius 3 is 2.75 bits per heavy atom. The second kappa shape index (κ2) is 6.46. The maximum atomic E-state index is 12.2. The minimum atomic E-state index is -2.97. The highest BCUT2D eigenvalue weighted by atomic mass is 35.5. The first kappa shape index (κ1) is 17.4. The average Bonchev–Trinajstić information content (AvgIpc) is 3.16. The van der Waals surface area contributed by atoms with Crippen LogP contribution in [-0.2, 0) is 9.84 Å². The number of allylic oxidation sites excluding steroid dienone is 1. The van der Waals surface area contributed by atoms with Gasteiger partial charge in [-0.2, -0.15) is 5.10 Å². The van der Waals surface area contributed by atoms with Crippen LogP contribution in [0.2, 0.25) is 4.34 Å². The van der Waals surface area contributed by atoms with Crippen molar-refractivity contribution < 1.29 is 13.2 Å². The van der Waals surface area contributed by atoms with E-state index < -0.39 is 9.84 Å². The number of sulfone groups is 1. The molecule has 0 unspecified atom stereocenters. The molecule has 0 bridgehead atoms. The van der Waals surface area contributed by atoms with Gasteiger partial charge in [0.05, 0.1) is 32.5 Å². The van der Waals surface area contributed by atoms with Crippen molar-refractivity contribution in [1.82, 2.24) is 9.78 Å². The van der Waals surface area contributed by atoms with Gasteiger partial charge in [-0.3, -0.25) is 9.48 Å². The van der Waals surface area contributed by atoms with Crippen molar-refractivity contribution in [2.45, 2.75) is 26.3 Å². The maximum Gasteiger partial charge on any atom is 0.195 e. The van der Waals surface area contributed by atoms with Gasteiger partial charge < -0.3 is 0 Å². The molecule has 0 saturated carbocycles. The summed E-state index contributed by atoms with van der Waals surface area (Å²) < 4.78 is 25.7. The molecule has 1 fully saturated rings. The molecule has 2 aromatic rings. The zero-order valence-corrected chi connectivity index (χ0v) is 15.7. The maximum absolute atomic E-state index is 12.2. The largest absolute Gasteiger partial charge is 0.288 e. The van der Waals surface area contributed by atoms with Gasteiger partial charge in [0.15, 0.2) is 15.6 Å². The highest BCUT2D eigenvalue weighted by Gasteiger charge is 2.31. The Hall–Kier alpha value is -1.44. The first-order chi connectivity index (χ1) is 11.3. The first-order valence-corrected chi connectivity index (χ1v) is 10.5. The van der Waals surface area contributed by atoms with Gasteiger partial charge in [0, 0.05) is 11.3 Å². The number of nitrogens with zero attached hydrogens (tertiary/aromatic N) is 2. The molecule has 0 N–H and O–H groups in total. The molecule has 128 valence electrons. The lowest BCUT2D eigenvalue weighted by Crippen LogP contribution is -2.13. The Balaban J connectivity index is 1.84. The second-order valence-electron chi connectivity index (χ2n) is 5.89. The zero-order valence-electron chi connectivity index (χ0n) is 13.3. The molecular formula is C16H17ClN2O3S2. The van der Waals surface area contributed by atoms with Crippen molar-refractivity contribution in [3.05, 3.63) is 44.4 Å². The van der Waals surface area contributed by atoms with Gasteiger partial charge in [-0.1, -0.05) is 11.6 Å². The molecule has 0 spiro atoms. The van der Waals surface area contributed by atoms with Crippen molar-refractivity contribution in [2.75, 3.05) is 11.5 Å². The zero-order chi connectivity index (χ0) is 17.5. The molecule has 8 heteroatoms. The van der Waals surface area contributed by atoms with Crippen LogP contribution in [0.4, 0.5) is 0 Å². The Labute approximate surface area is 149 Å². The summed E-state index contributed by atoms with van der Waals surface area (Å²) >= 11 is 7.09. The van der Waals surface area contributed by atoms with Crippen LogP contribution in [0.15, 0.2) is 18.2 Å². The van der Waals surface area contributed by atoms with E-state index >= 15 is 0 Å². The van der Waals surface area contributed by atoms with Crippen LogP contribution in [0, 0.1) is 13.8 Å². The minimum Gasteiger partial charge on any atom is -0.288 e. The number of carbonyl (C=O) groups excluding carboxylic acids is 1. The van der Waals surface area contributed by atoms with Crippen molar-refractivity contribution in [3.8, 4) is 0 Å². The number of ketones is 1.